The third-order valence-electron chi connectivity index (χ3n) is 5.31. The van der Waals surface area contributed by atoms with Gasteiger partial charge in [-0.1, -0.05) is 48.6 Å². The SMILES string of the molecule is CCn1c(=O)c2c(C)[nH]nc2c2cc(C=CCN(C)Cc3ccccc3)ccc21. The summed E-state index contributed by atoms with van der Waals surface area (Å²) in [5.41, 5.74) is 4.93. The van der Waals surface area contributed by atoms with Crippen molar-refractivity contribution in [1.29, 1.82) is 0 Å². The number of fused-ring (bicyclic) bond motifs is 3. The van der Waals surface area contributed by atoms with E-state index >= 15 is 0 Å². The molecular formula is C24H26N4O. The Bertz CT molecular complexity index is 1230. The van der Waals surface area contributed by atoms with Gasteiger partial charge in [-0.15, -0.1) is 0 Å². The molecule has 0 saturated heterocycles. The highest BCUT2D eigenvalue weighted by Crippen LogP contribution is 2.24. The minimum Gasteiger partial charge on any atom is -0.308 e. The number of hydrogen-bond donors (Lipinski definition) is 1. The van der Waals surface area contributed by atoms with E-state index in [1.54, 1.807) is 0 Å². The molecule has 2 aromatic carbocycles. The van der Waals surface area contributed by atoms with Gasteiger partial charge in [-0.05, 0) is 44.2 Å². The summed E-state index contributed by atoms with van der Waals surface area (Å²) in [6, 6.07) is 16.7. The molecule has 148 valence electrons. The molecule has 1 N–H and O–H groups in total. The predicted octanol–water partition coefficient (Wildman–Crippen LogP) is 4.35. The van der Waals surface area contributed by atoms with Gasteiger partial charge in [-0.3, -0.25) is 14.8 Å². The largest absolute Gasteiger partial charge is 0.308 e. The molecule has 0 amide bonds. The monoisotopic (exact) mass is 386 g/mol. The van der Waals surface area contributed by atoms with E-state index in [0.717, 1.165) is 40.8 Å². The lowest BCUT2D eigenvalue weighted by molar-refractivity contribution is 0.364. The summed E-state index contributed by atoms with van der Waals surface area (Å²) in [5.74, 6) is 0. The molecule has 0 spiro atoms. The van der Waals surface area contributed by atoms with Gasteiger partial charge in [0.05, 0.1) is 10.9 Å². The first kappa shape index (κ1) is 19.2. The third-order valence-corrected chi connectivity index (χ3v) is 5.31. The summed E-state index contributed by atoms with van der Waals surface area (Å²) < 4.78 is 1.82. The van der Waals surface area contributed by atoms with E-state index in [1.807, 2.05) is 30.5 Å². The van der Waals surface area contributed by atoms with Crippen molar-refractivity contribution in [1.82, 2.24) is 19.7 Å². The topological polar surface area (TPSA) is 53.9 Å². The number of aromatic nitrogens is 3. The molecule has 0 aliphatic rings. The Kier molecular flexibility index (Phi) is 5.32. The molecule has 0 atom stereocenters. The fraction of sp³-hybridized carbons (Fsp3) is 0.250. The van der Waals surface area contributed by atoms with E-state index < -0.39 is 0 Å². The van der Waals surface area contributed by atoms with Crippen LogP contribution in [-0.2, 0) is 13.1 Å². The smallest absolute Gasteiger partial charge is 0.262 e. The number of benzene rings is 2. The first-order valence-electron chi connectivity index (χ1n) is 9.98. The fourth-order valence-corrected chi connectivity index (χ4v) is 3.85. The number of nitrogens with one attached hydrogen (secondary N) is 1. The first-order chi connectivity index (χ1) is 14.1. The molecule has 4 aromatic rings. The maximum Gasteiger partial charge on any atom is 0.262 e. The quantitative estimate of drug-likeness (QED) is 0.536. The van der Waals surface area contributed by atoms with Crippen molar-refractivity contribution in [3.63, 3.8) is 0 Å². The molecule has 0 bridgehead atoms. The van der Waals surface area contributed by atoms with E-state index in [1.165, 1.54) is 5.56 Å². The van der Waals surface area contributed by atoms with Crippen LogP contribution in [0.1, 0.15) is 23.7 Å². The van der Waals surface area contributed by atoms with Crippen LogP contribution in [-0.4, -0.2) is 33.3 Å². The zero-order chi connectivity index (χ0) is 20.4. The van der Waals surface area contributed by atoms with Crippen LogP contribution in [0, 0.1) is 6.92 Å². The van der Waals surface area contributed by atoms with Crippen molar-refractivity contribution in [2.75, 3.05) is 13.6 Å². The number of likely N-dealkylation sites (N-methyl/N-ethyl adjacent to an activating group) is 1. The van der Waals surface area contributed by atoms with Crippen LogP contribution in [0.5, 0.6) is 0 Å². The van der Waals surface area contributed by atoms with Crippen molar-refractivity contribution < 1.29 is 0 Å². The number of aromatic amines is 1. The predicted molar refractivity (Wildman–Crippen MR) is 120 cm³/mol. The fourth-order valence-electron chi connectivity index (χ4n) is 3.85. The summed E-state index contributed by atoms with van der Waals surface area (Å²) in [5, 5.41) is 9.07. The van der Waals surface area contributed by atoms with Crippen molar-refractivity contribution in [2.24, 2.45) is 0 Å². The molecule has 0 aliphatic heterocycles. The van der Waals surface area contributed by atoms with E-state index in [-0.39, 0.29) is 5.56 Å². The Balaban J connectivity index is 1.62. The Morgan fingerprint density at radius 1 is 1.17 bits per heavy atom. The van der Waals surface area contributed by atoms with Crippen LogP contribution in [0.2, 0.25) is 0 Å². The number of H-pyrrole nitrogens is 1. The molecule has 5 nitrogen and oxygen atoms in total. The average Bonchev–Trinajstić information content (AvgIpc) is 3.11. The molecule has 0 radical (unpaired) electrons. The minimum absolute atomic E-state index is 0.0204. The van der Waals surface area contributed by atoms with E-state index in [9.17, 15) is 4.79 Å². The van der Waals surface area contributed by atoms with Gasteiger partial charge < -0.3 is 4.57 Å². The lowest BCUT2D eigenvalue weighted by atomic mass is 10.1. The maximum atomic E-state index is 12.8. The van der Waals surface area contributed by atoms with Gasteiger partial charge in [0.25, 0.3) is 5.56 Å². The highest BCUT2D eigenvalue weighted by Gasteiger charge is 2.14. The van der Waals surface area contributed by atoms with Gasteiger partial charge in [-0.2, -0.15) is 5.10 Å². The summed E-state index contributed by atoms with van der Waals surface area (Å²) in [6.45, 7) is 6.31. The molecule has 0 aliphatic carbocycles. The second-order valence-electron chi connectivity index (χ2n) is 7.48. The van der Waals surface area contributed by atoms with E-state index in [0.29, 0.717) is 11.9 Å². The molecule has 29 heavy (non-hydrogen) atoms. The number of rotatable bonds is 6. The highest BCUT2D eigenvalue weighted by atomic mass is 16.1. The minimum atomic E-state index is 0.0204. The Labute approximate surface area is 170 Å². The van der Waals surface area contributed by atoms with Gasteiger partial charge in [0.2, 0.25) is 0 Å². The molecular weight excluding hydrogens is 360 g/mol. The lowest BCUT2D eigenvalue weighted by Crippen LogP contribution is -2.20. The summed E-state index contributed by atoms with van der Waals surface area (Å²) in [6.07, 6.45) is 4.31. The Morgan fingerprint density at radius 2 is 1.97 bits per heavy atom. The van der Waals surface area contributed by atoms with Crippen LogP contribution >= 0.6 is 0 Å². The van der Waals surface area contributed by atoms with Crippen LogP contribution < -0.4 is 5.56 Å². The van der Waals surface area contributed by atoms with Gasteiger partial charge in [0.15, 0.2) is 0 Å². The van der Waals surface area contributed by atoms with Gasteiger partial charge in [0, 0.05) is 30.7 Å². The molecule has 0 unspecified atom stereocenters. The standard InChI is InChI=1S/C24H26N4O/c1-4-28-21-13-12-18(11-8-14-27(3)16-19-9-6-5-7-10-19)15-20(21)23-22(24(28)29)17(2)25-26-23/h5-13,15H,4,14,16H2,1-3H3,(H,25,26). The summed E-state index contributed by atoms with van der Waals surface area (Å²) in [4.78, 5) is 15.1. The zero-order valence-corrected chi connectivity index (χ0v) is 17.1. The number of aryl methyl sites for hydroxylation is 2. The van der Waals surface area contributed by atoms with Crippen LogP contribution in [0.4, 0.5) is 0 Å². The molecule has 2 heterocycles. The average molecular weight is 386 g/mol. The summed E-state index contributed by atoms with van der Waals surface area (Å²) >= 11 is 0. The Hall–Kier alpha value is -3.18. The van der Waals surface area contributed by atoms with E-state index in [4.69, 9.17) is 0 Å². The lowest BCUT2D eigenvalue weighted by Gasteiger charge is -2.14. The number of hydrogen-bond acceptors (Lipinski definition) is 3. The molecule has 0 saturated carbocycles. The molecule has 0 fully saturated rings. The van der Waals surface area contributed by atoms with Gasteiger partial charge in [-0.25, -0.2) is 0 Å². The van der Waals surface area contributed by atoms with Crippen molar-refractivity contribution in [3.05, 3.63) is 81.8 Å². The molecule has 2 aromatic heterocycles. The molecule has 4 rings (SSSR count). The first-order valence-corrected chi connectivity index (χ1v) is 9.98. The zero-order valence-electron chi connectivity index (χ0n) is 17.1. The van der Waals surface area contributed by atoms with Crippen LogP contribution in [0.15, 0.2) is 59.4 Å². The number of pyridine rings is 1. The highest BCUT2D eigenvalue weighted by molar-refractivity contribution is 6.04. The van der Waals surface area contributed by atoms with Crippen molar-refractivity contribution in [2.45, 2.75) is 26.9 Å². The van der Waals surface area contributed by atoms with Crippen LogP contribution in [0.3, 0.4) is 0 Å². The summed E-state index contributed by atoms with van der Waals surface area (Å²) in [7, 11) is 2.12. The van der Waals surface area contributed by atoms with Gasteiger partial charge >= 0.3 is 0 Å². The third kappa shape index (κ3) is 3.74. The maximum absolute atomic E-state index is 12.8. The van der Waals surface area contributed by atoms with Crippen molar-refractivity contribution >= 4 is 27.9 Å². The Morgan fingerprint density at radius 3 is 2.72 bits per heavy atom. The van der Waals surface area contributed by atoms with Crippen LogP contribution in [0.25, 0.3) is 27.9 Å². The van der Waals surface area contributed by atoms with Gasteiger partial charge in [0.1, 0.15) is 5.52 Å². The second kappa shape index (κ2) is 8.05. The molecule has 5 heteroatoms. The van der Waals surface area contributed by atoms with Crippen molar-refractivity contribution in [3.8, 4) is 0 Å². The second-order valence-corrected chi connectivity index (χ2v) is 7.48. The van der Waals surface area contributed by atoms with E-state index in [2.05, 4.69) is 70.7 Å². The normalized spacial score (nSPS) is 12.0. The number of nitrogens with zero attached hydrogens (tertiary/aromatic N) is 3.